The largest absolute Gasteiger partial charge is 0.379 e. The van der Waals surface area contributed by atoms with Gasteiger partial charge in [-0.15, -0.1) is 0 Å². The summed E-state index contributed by atoms with van der Waals surface area (Å²) in [5.41, 5.74) is 2.42. The number of hydrogen-bond donors (Lipinski definition) is 1. The standard InChI is InChI=1S/C15H11ClFN3/c16-13-3-4-14(15-12(13)2-1-5-19-15)20-8-10-6-11(17)9-18-7-10/h1-7,9,20H,8H2. The van der Waals surface area contributed by atoms with E-state index in [-0.39, 0.29) is 5.82 Å². The first kappa shape index (κ1) is 12.8. The van der Waals surface area contributed by atoms with Crippen LogP contribution in [0, 0.1) is 5.82 Å². The molecule has 3 rings (SSSR count). The van der Waals surface area contributed by atoms with Crippen LogP contribution in [0.1, 0.15) is 5.56 Å². The Kier molecular flexibility index (Phi) is 3.48. The summed E-state index contributed by atoms with van der Waals surface area (Å²) >= 11 is 6.14. The van der Waals surface area contributed by atoms with Gasteiger partial charge in [-0.3, -0.25) is 9.97 Å². The van der Waals surface area contributed by atoms with Crippen molar-refractivity contribution in [3.8, 4) is 0 Å². The quantitative estimate of drug-likeness (QED) is 0.790. The van der Waals surface area contributed by atoms with E-state index in [2.05, 4.69) is 15.3 Å². The molecule has 0 aliphatic carbocycles. The molecule has 3 aromatic rings. The molecule has 2 aromatic heterocycles. The van der Waals surface area contributed by atoms with E-state index in [9.17, 15) is 4.39 Å². The van der Waals surface area contributed by atoms with Gasteiger partial charge in [0.25, 0.3) is 0 Å². The first-order valence-corrected chi connectivity index (χ1v) is 6.48. The third kappa shape index (κ3) is 2.56. The lowest BCUT2D eigenvalue weighted by Gasteiger charge is -2.10. The number of aromatic nitrogens is 2. The Morgan fingerprint density at radius 3 is 2.95 bits per heavy atom. The predicted octanol–water partition coefficient (Wildman–Crippen LogP) is 4.03. The number of halogens is 2. The molecule has 0 fully saturated rings. The molecule has 3 nitrogen and oxygen atoms in total. The highest BCUT2D eigenvalue weighted by Gasteiger charge is 2.05. The molecular weight excluding hydrogens is 277 g/mol. The minimum absolute atomic E-state index is 0.344. The summed E-state index contributed by atoms with van der Waals surface area (Å²) < 4.78 is 13.1. The summed E-state index contributed by atoms with van der Waals surface area (Å²) in [7, 11) is 0. The number of benzene rings is 1. The molecule has 0 aliphatic rings. The van der Waals surface area contributed by atoms with Crippen molar-refractivity contribution < 1.29 is 4.39 Å². The van der Waals surface area contributed by atoms with Crippen LogP contribution in [0.4, 0.5) is 10.1 Å². The van der Waals surface area contributed by atoms with Gasteiger partial charge in [-0.25, -0.2) is 4.39 Å². The Hall–Kier alpha value is -2.20. The van der Waals surface area contributed by atoms with E-state index in [0.29, 0.717) is 11.6 Å². The van der Waals surface area contributed by atoms with E-state index in [1.54, 1.807) is 12.4 Å². The molecule has 0 saturated carbocycles. The number of rotatable bonds is 3. The van der Waals surface area contributed by atoms with Gasteiger partial charge in [0.1, 0.15) is 5.82 Å². The molecule has 1 aromatic carbocycles. The Labute approximate surface area is 120 Å². The van der Waals surface area contributed by atoms with E-state index >= 15 is 0 Å². The van der Waals surface area contributed by atoms with Gasteiger partial charge in [-0.05, 0) is 35.9 Å². The lowest BCUT2D eigenvalue weighted by molar-refractivity contribution is 0.619. The Bertz CT molecular complexity index is 761. The third-order valence-electron chi connectivity index (χ3n) is 2.96. The number of pyridine rings is 2. The second-order valence-corrected chi connectivity index (χ2v) is 4.77. The Morgan fingerprint density at radius 2 is 2.10 bits per heavy atom. The van der Waals surface area contributed by atoms with Crippen molar-refractivity contribution in [1.29, 1.82) is 0 Å². The smallest absolute Gasteiger partial charge is 0.141 e. The minimum Gasteiger partial charge on any atom is -0.379 e. The molecule has 1 N–H and O–H groups in total. The van der Waals surface area contributed by atoms with E-state index in [1.165, 1.54) is 12.3 Å². The average molecular weight is 288 g/mol. The highest BCUT2D eigenvalue weighted by Crippen LogP contribution is 2.28. The highest BCUT2D eigenvalue weighted by atomic mass is 35.5. The average Bonchev–Trinajstić information content (AvgIpc) is 2.47. The summed E-state index contributed by atoms with van der Waals surface area (Å²) in [6, 6.07) is 8.89. The normalized spacial score (nSPS) is 10.7. The summed E-state index contributed by atoms with van der Waals surface area (Å²) in [6.45, 7) is 0.470. The maximum absolute atomic E-state index is 13.1. The number of nitrogens with one attached hydrogen (secondary N) is 1. The highest BCUT2D eigenvalue weighted by molar-refractivity contribution is 6.35. The first-order chi connectivity index (χ1) is 9.74. The van der Waals surface area contributed by atoms with Gasteiger partial charge in [-0.2, -0.15) is 0 Å². The van der Waals surface area contributed by atoms with Gasteiger partial charge in [0.05, 0.1) is 22.4 Å². The zero-order valence-electron chi connectivity index (χ0n) is 10.5. The van der Waals surface area contributed by atoms with E-state index in [1.807, 2.05) is 24.3 Å². The molecule has 0 unspecified atom stereocenters. The van der Waals surface area contributed by atoms with Crippen molar-refractivity contribution in [2.24, 2.45) is 0 Å². The zero-order chi connectivity index (χ0) is 13.9. The Balaban J connectivity index is 1.90. The summed E-state index contributed by atoms with van der Waals surface area (Å²) in [5.74, 6) is -0.344. The molecule has 20 heavy (non-hydrogen) atoms. The molecule has 0 saturated heterocycles. The second-order valence-electron chi connectivity index (χ2n) is 4.36. The van der Waals surface area contributed by atoms with Crippen LogP contribution in [0.25, 0.3) is 10.9 Å². The van der Waals surface area contributed by atoms with Crippen molar-refractivity contribution in [2.45, 2.75) is 6.54 Å². The van der Waals surface area contributed by atoms with Gasteiger partial charge in [0.2, 0.25) is 0 Å². The van der Waals surface area contributed by atoms with Crippen LogP contribution in [0.3, 0.4) is 0 Å². The van der Waals surface area contributed by atoms with Crippen LogP contribution in [-0.2, 0) is 6.54 Å². The molecule has 5 heteroatoms. The monoisotopic (exact) mass is 287 g/mol. The molecule has 2 heterocycles. The van der Waals surface area contributed by atoms with Crippen LogP contribution >= 0.6 is 11.6 Å². The lowest BCUT2D eigenvalue weighted by atomic mass is 10.2. The maximum Gasteiger partial charge on any atom is 0.141 e. The molecule has 100 valence electrons. The first-order valence-electron chi connectivity index (χ1n) is 6.10. The minimum atomic E-state index is -0.344. The fourth-order valence-corrected chi connectivity index (χ4v) is 2.25. The molecular formula is C15H11ClFN3. The van der Waals surface area contributed by atoms with Gasteiger partial charge in [0, 0.05) is 24.3 Å². The fourth-order valence-electron chi connectivity index (χ4n) is 2.03. The summed E-state index contributed by atoms with van der Waals surface area (Å²) in [5, 5.41) is 4.77. The topological polar surface area (TPSA) is 37.8 Å². The molecule has 0 aliphatic heterocycles. The molecule has 0 amide bonds. The lowest BCUT2D eigenvalue weighted by Crippen LogP contribution is -2.01. The summed E-state index contributed by atoms with van der Waals surface area (Å²) in [6.07, 6.45) is 4.53. The molecule has 0 radical (unpaired) electrons. The number of fused-ring (bicyclic) bond motifs is 1. The molecule has 0 atom stereocenters. The van der Waals surface area contributed by atoms with Gasteiger partial charge in [0.15, 0.2) is 0 Å². The maximum atomic E-state index is 13.1. The van der Waals surface area contributed by atoms with Crippen LogP contribution in [0.15, 0.2) is 48.9 Å². The van der Waals surface area contributed by atoms with Crippen LogP contribution < -0.4 is 5.32 Å². The fraction of sp³-hybridized carbons (Fsp3) is 0.0667. The third-order valence-corrected chi connectivity index (χ3v) is 3.29. The van der Waals surface area contributed by atoms with Crippen LogP contribution in [0.2, 0.25) is 5.02 Å². The van der Waals surface area contributed by atoms with E-state index in [0.717, 1.165) is 22.2 Å². The van der Waals surface area contributed by atoms with Crippen molar-refractivity contribution in [3.05, 3.63) is 65.3 Å². The van der Waals surface area contributed by atoms with E-state index in [4.69, 9.17) is 11.6 Å². The van der Waals surface area contributed by atoms with Crippen molar-refractivity contribution in [2.75, 3.05) is 5.32 Å². The molecule has 0 bridgehead atoms. The van der Waals surface area contributed by atoms with Crippen molar-refractivity contribution in [3.63, 3.8) is 0 Å². The predicted molar refractivity (Wildman–Crippen MR) is 78.3 cm³/mol. The van der Waals surface area contributed by atoms with Gasteiger partial charge >= 0.3 is 0 Å². The zero-order valence-corrected chi connectivity index (χ0v) is 11.2. The number of anilines is 1. The van der Waals surface area contributed by atoms with Gasteiger partial charge < -0.3 is 5.32 Å². The SMILES string of the molecule is Fc1cncc(CNc2ccc(Cl)c3cccnc23)c1. The summed E-state index contributed by atoms with van der Waals surface area (Å²) in [4.78, 5) is 8.16. The second kappa shape index (κ2) is 5.43. The van der Waals surface area contributed by atoms with Crippen LogP contribution in [0.5, 0.6) is 0 Å². The number of nitrogens with zero attached hydrogens (tertiary/aromatic N) is 2. The Morgan fingerprint density at radius 1 is 1.20 bits per heavy atom. The van der Waals surface area contributed by atoms with E-state index < -0.39 is 0 Å². The number of hydrogen-bond acceptors (Lipinski definition) is 3. The van der Waals surface area contributed by atoms with Crippen molar-refractivity contribution in [1.82, 2.24) is 9.97 Å². The molecule has 0 spiro atoms. The van der Waals surface area contributed by atoms with Gasteiger partial charge in [-0.1, -0.05) is 11.6 Å². The van der Waals surface area contributed by atoms with Crippen molar-refractivity contribution >= 4 is 28.2 Å². The van der Waals surface area contributed by atoms with Crippen LogP contribution in [-0.4, -0.2) is 9.97 Å².